The number of carboxylic acid groups (broad SMARTS) is 2. The molecule has 0 amide bonds. The number of pyridine rings is 1. The lowest BCUT2D eigenvalue weighted by atomic mass is 9.95. The van der Waals surface area contributed by atoms with Crippen molar-refractivity contribution in [2.45, 2.75) is 25.1 Å². The van der Waals surface area contributed by atoms with Crippen LogP contribution in [0.3, 0.4) is 0 Å². The minimum atomic E-state index is -4.59. The number of carbonyl (C=O) groups is 2. The van der Waals surface area contributed by atoms with Crippen molar-refractivity contribution < 1.29 is 33.0 Å². The summed E-state index contributed by atoms with van der Waals surface area (Å²) >= 11 is 11.8. The van der Waals surface area contributed by atoms with Crippen molar-refractivity contribution >= 4 is 52.9 Å². The summed E-state index contributed by atoms with van der Waals surface area (Å²) in [6, 6.07) is 8.58. The molecule has 1 unspecified atom stereocenters. The van der Waals surface area contributed by atoms with E-state index in [0.29, 0.717) is 24.7 Å². The van der Waals surface area contributed by atoms with Gasteiger partial charge < -0.3 is 26.2 Å². The number of hydrogen-bond donors (Lipinski definition) is 5. The molecular weight excluding hydrogens is 538 g/mol. The van der Waals surface area contributed by atoms with Gasteiger partial charge in [-0.15, -0.1) is 0 Å². The number of rotatable bonds is 6. The summed E-state index contributed by atoms with van der Waals surface area (Å²) < 4.78 is 39.1. The first-order chi connectivity index (χ1) is 17.6. The van der Waals surface area contributed by atoms with Crippen LogP contribution in [0.5, 0.6) is 0 Å². The second-order valence-electron chi connectivity index (χ2n) is 7.75. The maximum Gasteiger partial charge on any atom is 0.434 e. The average Bonchev–Trinajstić information content (AvgIpc) is 3.20. The topological polar surface area (TPSA) is 145 Å². The second kappa shape index (κ2) is 14.0. The summed E-state index contributed by atoms with van der Waals surface area (Å²) in [6.07, 6.45) is -2.97. The number of anilines is 1. The zero-order valence-corrected chi connectivity index (χ0v) is 20.9. The van der Waals surface area contributed by atoms with E-state index in [2.05, 4.69) is 20.2 Å². The maximum absolute atomic E-state index is 13.0. The van der Waals surface area contributed by atoms with Crippen molar-refractivity contribution in [3.8, 4) is 0 Å². The number of hydrogen-bond acceptors (Lipinski definition) is 6. The summed E-state index contributed by atoms with van der Waals surface area (Å²) in [5.74, 6) is 0.144. The van der Waals surface area contributed by atoms with E-state index in [-0.39, 0.29) is 24.8 Å². The van der Waals surface area contributed by atoms with Gasteiger partial charge >= 0.3 is 6.18 Å². The third-order valence-corrected chi connectivity index (χ3v) is 6.12. The lowest BCUT2D eigenvalue weighted by molar-refractivity contribution is -0.141. The Kier molecular flexibility index (Phi) is 11.4. The lowest BCUT2D eigenvalue weighted by Crippen LogP contribution is -2.39. The highest BCUT2D eigenvalue weighted by molar-refractivity contribution is 6.31. The SMILES string of the molecule is NCCC1c2[nH]c3ccc(Cl)cc3c2CCN1CCNc1ccc(Cl)c(C(F)(F)F)n1.O=CO.O=CO. The van der Waals surface area contributed by atoms with Gasteiger partial charge in [-0.1, -0.05) is 23.2 Å². The molecule has 3 heterocycles. The molecule has 0 saturated carbocycles. The largest absolute Gasteiger partial charge is 0.483 e. The Labute approximate surface area is 220 Å². The molecule has 37 heavy (non-hydrogen) atoms. The van der Waals surface area contributed by atoms with Crippen molar-refractivity contribution in [3.63, 3.8) is 0 Å². The predicted molar refractivity (Wildman–Crippen MR) is 135 cm³/mol. The van der Waals surface area contributed by atoms with E-state index >= 15 is 0 Å². The van der Waals surface area contributed by atoms with Crippen LogP contribution in [0.2, 0.25) is 10.0 Å². The van der Waals surface area contributed by atoms with Crippen molar-refractivity contribution in [2.75, 3.05) is 31.5 Å². The molecule has 3 aromatic rings. The van der Waals surface area contributed by atoms with Gasteiger partial charge in [-0.3, -0.25) is 14.5 Å². The zero-order valence-electron chi connectivity index (χ0n) is 19.4. The lowest BCUT2D eigenvalue weighted by Gasteiger charge is -2.35. The third kappa shape index (κ3) is 7.96. The fourth-order valence-electron chi connectivity index (χ4n) is 4.21. The Morgan fingerprint density at radius 3 is 2.49 bits per heavy atom. The van der Waals surface area contributed by atoms with E-state index in [1.165, 1.54) is 17.7 Å². The fraction of sp³-hybridized carbons (Fsp3) is 0.348. The molecule has 6 N–H and O–H groups in total. The number of nitrogens with two attached hydrogens (primary N) is 1. The molecule has 0 spiro atoms. The Hall–Kier alpha value is -3.06. The van der Waals surface area contributed by atoms with E-state index < -0.39 is 16.9 Å². The van der Waals surface area contributed by atoms with Gasteiger partial charge in [0, 0.05) is 41.3 Å². The molecule has 1 aliphatic rings. The van der Waals surface area contributed by atoms with E-state index in [1.54, 1.807) is 0 Å². The smallest absolute Gasteiger partial charge is 0.434 e. The number of alkyl halides is 3. The first kappa shape index (κ1) is 30.2. The monoisotopic (exact) mass is 563 g/mol. The molecule has 0 radical (unpaired) electrons. The van der Waals surface area contributed by atoms with Crippen molar-refractivity contribution in [2.24, 2.45) is 5.73 Å². The summed E-state index contributed by atoms with van der Waals surface area (Å²) in [5, 5.41) is 18.2. The van der Waals surface area contributed by atoms with E-state index in [9.17, 15) is 13.2 Å². The molecule has 1 aliphatic heterocycles. The van der Waals surface area contributed by atoms with Gasteiger partial charge in [0.15, 0.2) is 5.69 Å². The minimum Gasteiger partial charge on any atom is -0.483 e. The number of aromatic amines is 1. The third-order valence-electron chi connectivity index (χ3n) is 5.58. The predicted octanol–water partition coefficient (Wildman–Crippen LogP) is 4.65. The number of halogens is 5. The number of fused-ring (bicyclic) bond motifs is 3. The molecule has 0 aliphatic carbocycles. The molecule has 14 heteroatoms. The highest BCUT2D eigenvalue weighted by Crippen LogP contribution is 2.37. The molecule has 0 bridgehead atoms. The Morgan fingerprint density at radius 2 is 1.86 bits per heavy atom. The van der Waals surface area contributed by atoms with Crippen LogP contribution in [0.4, 0.5) is 19.0 Å². The molecule has 1 aromatic carbocycles. The van der Waals surface area contributed by atoms with E-state index in [4.69, 9.17) is 48.7 Å². The second-order valence-corrected chi connectivity index (χ2v) is 8.59. The van der Waals surface area contributed by atoms with Crippen LogP contribution in [-0.2, 0) is 22.2 Å². The van der Waals surface area contributed by atoms with Crippen LogP contribution in [0.25, 0.3) is 10.9 Å². The van der Waals surface area contributed by atoms with Crippen LogP contribution in [-0.4, -0.2) is 64.2 Å². The minimum absolute atomic E-state index is 0.102. The van der Waals surface area contributed by atoms with Crippen LogP contribution < -0.4 is 11.1 Å². The van der Waals surface area contributed by atoms with E-state index in [0.717, 1.165) is 36.0 Å². The van der Waals surface area contributed by atoms with Gasteiger partial charge in [0.25, 0.3) is 12.9 Å². The standard InChI is InChI=1S/C21H22Cl2F3N5.2CH2O2/c22-12-1-3-16-14(11-12)13-6-9-31(17(5-7-27)19(13)29-16)10-8-28-18-4-2-15(23)20(30-18)21(24,25)26;2*2-1-3/h1-4,11,17,29H,5-10,27H2,(H,28,30);2*1H,(H,2,3). The van der Waals surface area contributed by atoms with Crippen molar-refractivity contribution in [3.05, 3.63) is 57.3 Å². The normalized spacial score (nSPS) is 15.0. The van der Waals surface area contributed by atoms with Gasteiger partial charge in [-0.25, -0.2) is 4.98 Å². The highest BCUT2D eigenvalue weighted by Gasteiger charge is 2.35. The molecule has 2 aromatic heterocycles. The first-order valence-electron chi connectivity index (χ1n) is 11.0. The number of nitrogens with zero attached hydrogens (tertiary/aromatic N) is 2. The van der Waals surface area contributed by atoms with Crippen LogP contribution in [0.15, 0.2) is 30.3 Å². The Balaban J connectivity index is 0.000000733. The molecule has 1 atom stereocenters. The fourth-order valence-corrected chi connectivity index (χ4v) is 4.59. The Bertz CT molecular complexity index is 1190. The molecule has 9 nitrogen and oxygen atoms in total. The Morgan fingerprint density at radius 1 is 1.19 bits per heavy atom. The summed E-state index contributed by atoms with van der Waals surface area (Å²) in [7, 11) is 0. The van der Waals surface area contributed by atoms with Crippen LogP contribution in [0.1, 0.15) is 29.4 Å². The molecule has 202 valence electrons. The first-order valence-corrected chi connectivity index (χ1v) is 11.7. The summed E-state index contributed by atoms with van der Waals surface area (Å²) in [6.45, 7) is 1.92. The summed E-state index contributed by atoms with van der Waals surface area (Å²) in [4.78, 5) is 26.2. The number of aromatic nitrogens is 2. The van der Waals surface area contributed by atoms with Crippen molar-refractivity contribution in [1.29, 1.82) is 0 Å². The van der Waals surface area contributed by atoms with Gasteiger partial charge in [-0.2, -0.15) is 13.2 Å². The molecule has 0 fully saturated rings. The average molecular weight is 564 g/mol. The highest BCUT2D eigenvalue weighted by atomic mass is 35.5. The number of nitrogens with one attached hydrogen (secondary N) is 2. The van der Waals surface area contributed by atoms with Gasteiger partial charge in [-0.05, 0) is 55.3 Å². The maximum atomic E-state index is 13.0. The van der Waals surface area contributed by atoms with Gasteiger partial charge in [0.1, 0.15) is 5.82 Å². The van der Waals surface area contributed by atoms with Crippen molar-refractivity contribution in [1.82, 2.24) is 14.9 Å². The number of benzene rings is 1. The molecule has 0 saturated heterocycles. The summed E-state index contributed by atoms with van der Waals surface area (Å²) in [5.41, 5.74) is 8.24. The van der Waals surface area contributed by atoms with E-state index in [1.807, 2.05) is 18.2 Å². The van der Waals surface area contributed by atoms with Crippen LogP contribution >= 0.6 is 23.2 Å². The zero-order chi connectivity index (χ0) is 27.6. The number of H-pyrrole nitrogens is 1. The van der Waals surface area contributed by atoms with Gasteiger partial charge in [0.05, 0.1) is 11.1 Å². The molecular formula is C23H26Cl2F3N5O4. The molecule has 4 rings (SSSR count). The van der Waals surface area contributed by atoms with Crippen LogP contribution in [0, 0.1) is 0 Å². The van der Waals surface area contributed by atoms with Gasteiger partial charge in [0.2, 0.25) is 0 Å². The quantitative estimate of drug-likeness (QED) is 0.272.